The van der Waals surface area contributed by atoms with Gasteiger partial charge in [-0.1, -0.05) is 18.2 Å². The molecule has 0 heterocycles. The summed E-state index contributed by atoms with van der Waals surface area (Å²) < 4.78 is 14.7. The first-order valence-electron chi connectivity index (χ1n) is 5.69. The Morgan fingerprint density at radius 2 is 1.68 bits per heavy atom. The SMILES string of the molecule is Oc1c(Br)cc(CNCc2ccccc2F)cc1Br. The highest BCUT2D eigenvalue weighted by Gasteiger charge is 2.06. The molecule has 0 bridgehead atoms. The van der Waals surface area contributed by atoms with Gasteiger partial charge in [-0.15, -0.1) is 0 Å². The standard InChI is InChI=1S/C14H12Br2FNO/c15-11-5-9(6-12(16)14(11)19)7-18-8-10-3-1-2-4-13(10)17/h1-6,18-19H,7-8H2. The van der Waals surface area contributed by atoms with Crippen molar-refractivity contribution < 1.29 is 9.50 Å². The fourth-order valence-corrected chi connectivity index (χ4v) is 2.98. The normalized spacial score (nSPS) is 10.7. The molecule has 0 saturated carbocycles. The fraction of sp³-hybridized carbons (Fsp3) is 0.143. The van der Waals surface area contributed by atoms with Crippen molar-refractivity contribution in [2.45, 2.75) is 13.1 Å². The molecular formula is C14H12Br2FNO. The zero-order chi connectivity index (χ0) is 13.8. The van der Waals surface area contributed by atoms with E-state index < -0.39 is 0 Å². The van der Waals surface area contributed by atoms with Crippen LogP contribution in [0.25, 0.3) is 0 Å². The van der Waals surface area contributed by atoms with Crippen LogP contribution in [-0.4, -0.2) is 5.11 Å². The lowest BCUT2D eigenvalue weighted by Crippen LogP contribution is -2.13. The maximum Gasteiger partial charge on any atom is 0.143 e. The summed E-state index contributed by atoms with van der Waals surface area (Å²) >= 11 is 6.56. The fourth-order valence-electron chi connectivity index (χ4n) is 1.70. The Hall–Kier alpha value is -0.910. The van der Waals surface area contributed by atoms with Crippen molar-refractivity contribution in [1.82, 2.24) is 5.32 Å². The minimum atomic E-state index is -0.205. The van der Waals surface area contributed by atoms with Gasteiger partial charge < -0.3 is 10.4 Å². The van der Waals surface area contributed by atoms with E-state index in [1.54, 1.807) is 12.1 Å². The van der Waals surface area contributed by atoms with Gasteiger partial charge in [0.1, 0.15) is 11.6 Å². The highest BCUT2D eigenvalue weighted by atomic mass is 79.9. The van der Waals surface area contributed by atoms with Crippen LogP contribution in [0.2, 0.25) is 0 Å². The Labute approximate surface area is 127 Å². The molecule has 0 spiro atoms. The largest absolute Gasteiger partial charge is 0.506 e. The third-order valence-electron chi connectivity index (χ3n) is 2.68. The Kier molecular flexibility index (Phi) is 4.96. The first kappa shape index (κ1) is 14.5. The lowest BCUT2D eigenvalue weighted by molar-refractivity contribution is 0.468. The van der Waals surface area contributed by atoms with E-state index in [1.165, 1.54) is 6.07 Å². The van der Waals surface area contributed by atoms with E-state index in [9.17, 15) is 9.50 Å². The number of phenols is 1. The second-order valence-corrected chi connectivity index (χ2v) is 5.81. The average Bonchev–Trinajstić information content (AvgIpc) is 2.38. The Balaban J connectivity index is 1.98. The molecule has 2 aromatic rings. The van der Waals surface area contributed by atoms with Gasteiger partial charge in [-0.25, -0.2) is 4.39 Å². The summed E-state index contributed by atoms with van der Waals surface area (Å²) in [5.74, 6) is -0.0269. The van der Waals surface area contributed by atoms with Crippen molar-refractivity contribution in [1.29, 1.82) is 0 Å². The van der Waals surface area contributed by atoms with Crippen LogP contribution in [0.3, 0.4) is 0 Å². The Morgan fingerprint density at radius 3 is 2.32 bits per heavy atom. The van der Waals surface area contributed by atoms with Gasteiger partial charge >= 0.3 is 0 Å². The maximum atomic E-state index is 13.4. The minimum absolute atomic E-state index is 0.179. The van der Waals surface area contributed by atoms with Crippen molar-refractivity contribution >= 4 is 31.9 Å². The molecule has 0 aliphatic rings. The molecule has 0 unspecified atom stereocenters. The molecule has 0 atom stereocenters. The summed E-state index contributed by atoms with van der Waals surface area (Å²) in [7, 11) is 0. The molecule has 2 rings (SSSR count). The van der Waals surface area contributed by atoms with Gasteiger partial charge in [-0.3, -0.25) is 0 Å². The molecule has 0 saturated heterocycles. The second-order valence-electron chi connectivity index (χ2n) is 4.10. The zero-order valence-electron chi connectivity index (χ0n) is 9.96. The molecule has 2 nitrogen and oxygen atoms in total. The average molecular weight is 389 g/mol. The van der Waals surface area contributed by atoms with Crippen molar-refractivity contribution in [3.05, 3.63) is 62.3 Å². The summed E-state index contributed by atoms with van der Waals surface area (Å²) in [6.45, 7) is 1.05. The van der Waals surface area contributed by atoms with E-state index in [-0.39, 0.29) is 11.6 Å². The molecule has 0 aliphatic carbocycles. The third kappa shape index (κ3) is 3.78. The predicted octanol–water partition coefficient (Wildman–Crippen LogP) is 4.35. The van der Waals surface area contributed by atoms with Gasteiger partial charge in [0, 0.05) is 18.7 Å². The molecule has 5 heteroatoms. The van der Waals surface area contributed by atoms with Crippen LogP contribution < -0.4 is 5.32 Å². The van der Waals surface area contributed by atoms with E-state index in [4.69, 9.17) is 0 Å². The molecule has 0 aromatic heterocycles. The van der Waals surface area contributed by atoms with Crippen molar-refractivity contribution in [3.8, 4) is 5.75 Å². The molecule has 100 valence electrons. The molecular weight excluding hydrogens is 377 g/mol. The maximum absolute atomic E-state index is 13.4. The topological polar surface area (TPSA) is 32.3 Å². The minimum Gasteiger partial charge on any atom is -0.506 e. The summed E-state index contributed by atoms with van der Waals surface area (Å²) in [6, 6.07) is 10.3. The smallest absolute Gasteiger partial charge is 0.143 e. The van der Waals surface area contributed by atoms with Crippen LogP contribution in [-0.2, 0) is 13.1 Å². The van der Waals surface area contributed by atoms with Crippen LogP contribution in [0.4, 0.5) is 4.39 Å². The number of nitrogens with one attached hydrogen (secondary N) is 1. The van der Waals surface area contributed by atoms with Gasteiger partial charge in [0.2, 0.25) is 0 Å². The van der Waals surface area contributed by atoms with E-state index >= 15 is 0 Å². The van der Waals surface area contributed by atoms with Crippen LogP contribution in [0, 0.1) is 5.82 Å². The number of halogens is 3. The molecule has 2 aromatic carbocycles. The number of aromatic hydroxyl groups is 1. The van der Waals surface area contributed by atoms with E-state index in [1.807, 2.05) is 18.2 Å². The number of hydrogen-bond acceptors (Lipinski definition) is 2. The second kappa shape index (κ2) is 6.50. The first-order chi connectivity index (χ1) is 9.08. The summed E-state index contributed by atoms with van der Waals surface area (Å²) in [4.78, 5) is 0. The monoisotopic (exact) mass is 387 g/mol. The lowest BCUT2D eigenvalue weighted by Gasteiger charge is -2.08. The molecule has 0 aliphatic heterocycles. The van der Waals surface area contributed by atoms with E-state index in [2.05, 4.69) is 37.2 Å². The van der Waals surface area contributed by atoms with Gasteiger partial charge in [0.25, 0.3) is 0 Å². The van der Waals surface area contributed by atoms with Crippen molar-refractivity contribution in [3.63, 3.8) is 0 Å². The quantitative estimate of drug-likeness (QED) is 0.816. The Bertz CT molecular complexity index is 566. The number of hydrogen-bond donors (Lipinski definition) is 2. The lowest BCUT2D eigenvalue weighted by atomic mass is 10.2. The highest BCUT2D eigenvalue weighted by Crippen LogP contribution is 2.33. The van der Waals surface area contributed by atoms with E-state index in [0.717, 1.165) is 5.56 Å². The molecule has 2 N–H and O–H groups in total. The number of phenolic OH excluding ortho intramolecular Hbond substituents is 1. The van der Waals surface area contributed by atoms with Crippen LogP contribution >= 0.6 is 31.9 Å². The van der Waals surface area contributed by atoms with Crippen LogP contribution in [0.1, 0.15) is 11.1 Å². The van der Waals surface area contributed by atoms with Gasteiger partial charge in [0.05, 0.1) is 8.95 Å². The first-order valence-corrected chi connectivity index (χ1v) is 7.27. The summed E-state index contributed by atoms with van der Waals surface area (Å²) in [5.41, 5.74) is 1.63. The van der Waals surface area contributed by atoms with Crippen molar-refractivity contribution in [2.24, 2.45) is 0 Å². The van der Waals surface area contributed by atoms with Crippen LogP contribution in [0.5, 0.6) is 5.75 Å². The molecule has 19 heavy (non-hydrogen) atoms. The van der Waals surface area contributed by atoms with Gasteiger partial charge in [-0.05, 0) is 55.6 Å². The van der Waals surface area contributed by atoms with Crippen LogP contribution in [0.15, 0.2) is 45.3 Å². The van der Waals surface area contributed by atoms with E-state index in [0.29, 0.717) is 27.6 Å². The summed E-state index contributed by atoms with van der Waals surface area (Å²) in [5, 5.41) is 12.8. The predicted molar refractivity (Wildman–Crippen MR) is 80.5 cm³/mol. The third-order valence-corrected chi connectivity index (χ3v) is 3.89. The Morgan fingerprint density at radius 1 is 1.05 bits per heavy atom. The van der Waals surface area contributed by atoms with Crippen molar-refractivity contribution in [2.75, 3.05) is 0 Å². The number of rotatable bonds is 4. The zero-order valence-corrected chi connectivity index (χ0v) is 13.1. The molecule has 0 amide bonds. The molecule has 0 fully saturated rings. The highest BCUT2D eigenvalue weighted by molar-refractivity contribution is 9.11. The number of benzene rings is 2. The van der Waals surface area contributed by atoms with Gasteiger partial charge in [0.15, 0.2) is 0 Å². The molecule has 0 radical (unpaired) electrons. The summed E-state index contributed by atoms with van der Waals surface area (Å²) in [6.07, 6.45) is 0. The van der Waals surface area contributed by atoms with Gasteiger partial charge in [-0.2, -0.15) is 0 Å².